The summed E-state index contributed by atoms with van der Waals surface area (Å²) < 4.78 is 5.24. The maximum Gasteiger partial charge on any atom is 0.227 e. The number of anilines is 1. The first-order valence-corrected chi connectivity index (χ1v) is 5.15. The molecule has 2 aromatic rings. The van der Waals surface area contributed by atoms with Gasteiger partial charge in [0.2, 0.25) is 5.58 Å². The average molecular weight is 221 g/mol. The molecule has 0 bridgehead atoms. The van der Waals surface area contributed by atoms with Gasteiger partial charge in [0.05, 0.1) is 0 Å². The van der Waals surface area contributed by atoms with Gasteiger partial charge in [0.15, 0.2) is 5.82 Å². The third-order valence-electron chi connectivity index (χ3n) is 2.40. The molecule has 2 heterocycles. The van der Waals surface area contributed by atoms with E-state index in [1.807, 2.05) is 25.8 Å². The Labute approximate surface area is 93.4 Å². The third kappa shape index (κ3) is 1.71. The quantitative estimate of drug-likeness (QED) is 0.818. The van der Waals surface area contributed by atoms with Crippen LogP contribution in [0.1, 0.15) is 11.5 Å². The topological polar surface area (TPSA) is 81.1 Å². The van der Waals surface area contributed by atoms with Gasteiger partial charge in [-0.25, -0.2) is 9.97 Å². The Bertz CT molecular complexity index is 507. The fraction of sp³-hybridized carbons (Fsp3) is 0.500. The van der Waals surface area contributed by atoms with E-state index in [2.05, 4.69) is 15.1 Å². The van der Waals surface area contributed by atoms with Gasteiger partial charge in [-0.2, -0.15) is 0 Å². The Balaban J connectivity index is 2.59. The van der Waals surface area contributed by atoms with Gasteiger partial charge in [0.1, 0.15) is 17.0 Å². The summed E-state index contributed by atoms with van der Waals surface area (Å²) in [5, 5.41) is 3.90. The van der Waals surface area contributed by atoms with Gasteiger partial charge in [-0.15, -0.1) is 0 Å². The SMILES string of the molecule is Cc1nc(N(C)CCN)c2onc(C)c2n1. The predicted molar refractivity (Wildman–Crippen MR) is 61.4 cm³/mol. The number of likely N-dealkylation sites (N-methyl/N-ethyl adjacent to an activating group) is 1. The first kappa shape index (κ1) is 10.8. The Morgan fingerprint density at radius 2 is 2.06 bits per heavy atom. The number of nitrogens with zero attached hydrogens (tertiary/aromatic N) is 4. The van der Waals surface area contributed by atoms with E-state index in [0.29, 0.717) is 24.5 Å². The molecule has 0 fully saturated rings. The summed E-state index contributed by atoms with van der Waals surface area (Å²) in [6, 6.07) is 0. The Morgan fingerprint density at radius 1 is 1.31 bits per heavy atom. The second-order valence-electron chi connectivity index (χ2n) is 3.75. The monoisotopic (exact) mass is 221 g/mol. The van der Waals surface area contributed by atoms with Crippen LogP contribution >= 0.6 is 0 Å². The lowest BCUT2D eigenvalue weighted by Crippen LogP contribution is -2.26. The van der Waals surface area contributed by atoms with Gasteiger partial charge in [0.25, 0.3) is 0 Å². The molecule has 0 radical (unpaired) electrons. The van der Waals surface area contributed by atoms with Crippen molar-refractivity contribution < 1.29 is 4.52 Å². The van der Waals surface area contributed by atoms with E-state index in [0.717, 1.165) is 17.0 Å². The zero-order valence-electron chi connectivity index (χ0n) is 9.69. The van der Waals surface area contributed by atoms with E-state index >= 15 is 0 Å². The number of aryl methyl sites for hydroxylation is 2. The molecule has 0 saturated heterocycles. The minimum atomic E-state index is 0.564. The standard InChI is InChI=1S/C10H15N5O/c1-6-8-9(16-14-6)10(13-7(2)12-8)15(3)5-4-11/h4-5,11H2,1-3H3. The van der Waals surface area contributed by atoms with Gasteiger partial charge >= 0.3 is 0 Å². The maximum atomic E-state index is 5.52. The largest absolute Gasteiger partial charge is 0.355 e. The van der Waals surface area contributed by atoms with Crippen LogP contribution in [-0.2, 0) is 0 Å². The fourth-order valence-electron chi connectivity index (χ4n) is 1.59. The number of hydrogen-bond acceptors (Lipinski definition) is 6. The van der Waals surface area contributed by atoms with Crippen LogP contribution in [0, 0.1) is 13.8 Å². The molecule has 2 aromatic heterocycles. The molecule has 0 unspecified atom stereocenters. The normalized spacial score (nSPS) is 11.0. The molecule has 0 saturated carbocycles. The van der Waals surface area contributed by atoms with Crippen LogP contribution in [0.5, 0.6) is 0 Å². The lowest BCUT2D eigenvalue weighted by atomic mass is 10.3. The molecule has 2 N–H and O–H groups in total. The van der Waals surface area contributed by atoms with Crippen molar-refractivity contribution in [3.63, 3.8) is 0 Å². The van der Waals surface area contributed by atoms with Crippen molar-refractivity contribution in [1.29, 1.82) is 0 Å². The van der Waals surface area contributed by atoms with E-state index in [9.17, 15) is 0 Å². The van der Waals surface area contributed by atoms with Gasteiger partial charge in [0, 0.05) is 20.1 Å². The zero-order chi connectivity index (χ0) is 11.7. The van der Waals surface area contributed by atoms with E-state index < -0.39 is 0 Å². The van der Waals surface area contributed by atoms with Gasteiger partial charge in [-0.05, 0) is 13.8 Å². The molecule has 0 amide bonds. The molecule has 0 atom stereocenters. The molecule has 0 spiro atoms. The predicted octanol–water partition coefficient (Wildman–Crippen LogP) is 0.630. The minimum Gasteiger partial charge on any atom is -0.355 e. The van der Waals surface area contributed by atoms with Crippen molar-refractivity contribution in [2.24, 2.45) is 5.73 Å². The number of nitrogens with two attached hydrogens (primary N) is 1. The van der Waals surface area contributed by atoms with Crippen LogP contribution in [0.2, 0.25) is 0 Å². The van der Waals surface area contributed by atoms with Crippen molar-refractivity contribution in [1.82, 2.24) is 15.1 Å². The fourth-order valence-corrected chi connectivity index (χ4v) is 1.59. The van der Waals surface area contributed by atoms with Crippen LogP contribution in [-0.4, -0.2) is 35.3 Å². The first-order valence-electron chi connectivity index (χ1n) is 5.15. The molecule has 2 rings (SSSR count). The molecule has 0 aliphatic carbocycles. The average Bonchev–Trinajstić information content (AvgIpc) is 2.60. The van der Waals surface area contributed by atoms with Crippen LogP contribution in [0.4, 0.5) is 5.82 Å². The van der Waals surface area contributed by atoms with Crippen molar-refractivity contribution in [3.05, 3.63) is 11.5 Å². The zero-order valence-corrected chi connectivity index (χ0v) is 9.69. The highest BCUT2D eigenvalue weighted by molar-refractivity contribution is 5.85. The highest BCUT2D eigenvalue weighted by atomic mass is 16.5. The third-order valence-corrected chi connectivity index (χ3v) is 2.40. The lowest BCUT2D eigenvalue weighted by molar-refractivity contribution is 0.449. The first-order chi connectivity index (χ1) is 7.63. The Morgan fingerprint density at radius 3 is 2.75 bits per heavy atom. The van der Waals surface area contributed by atoms with Crippen molar-refractivity contribution >= 4 is 16.9 Å². The Hall–Kier alpha value is -1.69. The molecular weight excluding hydrogens is 206 g/mol. The maximum absolute atomic E-state index is 5.52. The van der Waals surface area contributed by atoms with E-state index in [1.54, 1.807) is 0 Å². The molecule has 0 aliphatic heterocycles. The molecule has 0 aliphatic rings. The van der Waals surface area contributed by atoms with Gasteiger partial charge < -0.3 is 15.2 Å². The van der Waals surface area contributed by atoms with E-state index in [-0.39, 0.29) is 0 Å². The second-order valence-corrected chi connectivity index (χ2v) is 3.75. The highest BCUT2D eigenvalue weighted by Gasteiger charge is 2.16. The molecule has 0 aromatic carbocycles. The smallest absolute Gasteiger partial charge is 0.227 e. The van der Waals surface area contributed by atoms with Crippen molar-refractivity contribution in [2.75, 3.05) is 25.0 Å². The summed E-state index contributed by atoms with van der Waals surface area (Å²) in [4.78, 5) is 10.6. The molecule has 6 nitrogen and oxygen atoms in total. The lowest BCUT2D eigenvalue weighted by Gasteiger charge is -2.16. The number of fused-ring (bicyclic) bond motifs is 1. The number of hydrogen-bond donors (Lipinski definition) is 1. The number of aromatic nitrogens is 3. The van der Waals surface area contributed by atoms with Gasteiger partial charge in [-0.1, -0.05) is 5.16 Å². The molecule has 86 valence electrons. The van der Waals surface area contributed by atoms with Crippen molar-refractivity contribution in [2.45, 2.75) is 13.8 Å². The molecular formula is C10H15N5O. The summed E-state index contributed by atoms with van der Waals surface area (Å²) in [6.45, 7) is 5.00. The second kappa shape index (κ2) is 4.05. The van der Waals surface area contributed by atoms with Crippen LogP contribution in [0.3, 0.4) is 0 Å². The number of rotatable bonds is 3. The molecule has 16 heavy (non-hydrogen) atoms. The summed E-state index contributed by atoms with van der Waals surface area (Å²) >= 11 is 0. The van der Waals surface area contributed by atoms with E-state index in [4.69, 9.17) is 10.3 Å². The molecule has 6 heteroatoms. The minimum absolute atomic E-state index is 0.564. The summed E-state index contributed by atoms with van der Waals surface area (Å²) in [6.07, 6.45) is 0. The van der Waals surface area contributed by atoms with E-state index in [1.165, 1.54) is 0 Å². The van der Waals surface area contributed by atoms with Crippen LogP contribution < -0.4 is 10.6 Å². The summed E-state index contributed by atoms with van der Waals surface area (Å²) in [5.41, 5.74) is 7.70. The highest BCUT2D eigenvalue weighted by Crippen LogP contribution is 2.24. The summed E-state index contributed by atoms with van der Waals surface area (Å²) in [7, 11) is 1.92. The van der Waals surface area contributed by atoms with Crippen LogP contribution in [0.15, 0.2) is 4.52 Å². The van der Waals surface area contributed by atoms with Crippen molar-refractivity contribution in [3.8, 4) is 0 Å². The van der Waals surface area contributed by atoms with Crippen LogP contribution in [0.25, 0.3) is 11.1 Å². The summed E-state index contributed by atoms with van der Waals surface area (Å²) in [5.74, 6) is 1.45. The Kier molecular flexibility index (Phi) is 2.74. The van der Waals surface area contributed by atoms with Gasteiger partial charge in [-0.3, -0.25) is 0 Å².